The number of carbonyl (C=O) groups excluding carboxylic acids is 1. The van der Waals surface area contributed by atoms with Gasteiger partial charge in [0.1, 0.15) is 16.8 Å². The summed E-state index contributed by atoms with van der Waals surface area (Å²) in [5.74, 6) is -1.46. The summed E-state index contributed by atoms with van der Waals surface area (Å²) < 4.78 is 42.1. The van der Waals surface area contributed by atoms with Gasteiger partial charge >= 0.3 is 0 Å². The molecule has 1 amide bonds. The van der Waals surface area contributed by atoms with E-state index in [1.807, 2.05) is 12.1 Å². The van der Waals surface area contributed by atoms with Gasteiger partial charge < -0.3 is 4.90 Å². The van der Waals surface area contributed by atoms with Crippen LogP contribution in [-0.4, -0.2) is 56.3 Å². The molecule has 1 aliphatic rings. The van der Waals surface area contributed by atoms with Gasteiger partial charge in [0.15, 0.2) is 0 Å². The third-order valence-corrected chi connectivity index (χ3v) is 7.20. The van der Waals surface area contributed by atoms with Crippen LogP contribution in [0.15, 0.2) is 53.4 Å². The Morgan fingerprint density at radius 3 is 2.42 bits per heavy atom. The number of carbonyl (C=O) groups is 1. The number of benzene rings is 2. The zero-order valence-electron chi connectivity index (χ0n) is 18.9. The number of halogens is 1. The van der Waals surface area contributed by atoms with Gasteiger partial charge in [-0.2, -0.15) is 9.98 Å². The van der Waals surface area contributed by atoms with Crippen LogP contribution in [-0.2, 0) is 21.4 Å². The Morgan fingerprint density at radius 1 is 1.09 bits per heavy atom. The molecule has 1 atom stereocenters. The second-order valence-corrected chi connectivity index (χ2v) is 10.2. The molecule has 7 nitrogen and oxygen atoms in total. The molecule has 0 saturated carbocycles. The number of rotatable bonds is 7. The number of nitriles is 1. The second kappa shape index (κ2) is 10.9. The van der Waals surface area contributed by atoms with E-state index >= 15 is 0 Å². The van der Waals surface area contributed by atoms with Crippen LogP contribution in [0.2, 0.25) is 0 Å². The van der Waals surface area contributed by atoms with Gasteiger partial charge in [0.2, 0.25) is 15.9 Å². The molecule has 9 heteroatoms. The predicted molar refractivity (Wildman–Crippen MR) is 123 cm³/mol. The topological polar surface area (TPSA) is 93.5 Å². The van der Waals surface area contributed by atoms with Crippen molar-refractivity contribution in [3.63, 3.8) is 0 Å². The summed E-state index contributed by atoms with van der Waals surface area (Å²) in [5, 5.41) is 8.94. The van der Waals surface area contributed by atoms with Crippen molar-refractivity contribution in [2.75, 3.05) is 26.2 Å². The summed E-state index contributed by atoms with van der Waals surface area (Å²) in [6.45, 7) is 6.69. The molecule has 1 aliphatic heterocycles. The van der Waals surface area contributed by atoms with E-state index in [1.165, 1.54) is 18.2 Å². The lowest BCUT2D eigenvalue weighted by Gasteiger charge is -2.29. The van der Waals surface area contributed by atoms with E-state index < -0.39 is 26.8 Å². The van der Waals surface area contributed by atoms with Crippen molar-refractivity contribution in [1.82, 2.24) is 14.5 Å². The number of hydrogen-bond donors (Lipinski definition) is 1. The fraction of sp³-hybridized carbons (Fsp3) is 0.417. The molecule has 0 spiro atoms. The van der Waals surface area contributed by atoms with E-state index in [2.05, 4.69) is 15.7 Å². The largest absolute Gasteiger partial charge is 0.340 e. The molecular weight excluding hydrogens is 443 g/mol. The minimum absolute atomic E-state index is 0.301. The Balaban J connectivity index is 1.66. The Bertz CT molecular complexity index is 1110. The molecule has 0 bridgehead atoms. The number of nitrogens with zero attached hydrogens (tertiary/aromatic N) is 3. The van der Waals surface area contributed by atoms with E-state index in [0.717, 1.165) is 24.6 Å². The quantitative estimate of drug-likeness (QED) is 0.669. The van der Waals surface area contributed by atoms with Crippen LogP contribution < -0.4 is 4.72 Å². The Morgan fingerprint density at radius 2 is 1.79 bits per heavy atom. The third-order valence-electron chi connectivity index (χ3n) is 5.73. The highest BCUT2D eigenvalue weighted by molar-refractivity contribution is 7.89. The van der Waals surface area contributed by atoms with E-state index in [9.17, 15) is 17.6 Å². The van der Waals surface area contributed by atoms with Gasteiger partial charge in [-0.3, -0.25) is 9.69 Å². The normalized spacial score (nSPS) is 16.3. The molecule has 33 heavy (non-hydrogen) atoms. The number of nitrogens with one attached hydrogen (secondary N) is 1. The monoisotopic (exact) mass is 472 g/mol. The first-order valence-electron chi connectivity index (χ1n) is 11.0. The molecule has 1 heterocycles. The first-order valence-corrected chi connectivity index (χ1v) is 12.5. The summed E-state index contributed by atoms with van der Waals surface area (Å²) in [7, 11) is -4.19. The second-order valence-electron chi connectivity index (χ2n) is 8.54. The molecule has 0 unspecified atom stereocenters. The van der Waals surface area contributed by atoms with E-state index in [0.29, 0.717) is 31.7 Å². The molecule has 1 saturated heterocycles. The first kappa shape index (κ1) is 24.8. The molecule has 0 radical (unpaired) electrons. The number of hydrogen-bond acceptors (Lipinski definition) is 5. The van der Waals surface area contributed by atoms with Crippen molar-refractivity contribution in [1.29, 1.82) is 5.26 Å². The molecule has 176 valence electrons. The van der Waals surface area contributed by atoms with Gasteiger partial charge in [-0.1, -0.05) is 38.1 Å². The van der Waals surface area contributed by atoms with Gasteiger partial charge in [0, 0.05) is 32.7 Å². The first-order chi connectivity index (χ1) is 15.7. The van der Waals surface area contributed by atoms with Crippen molar-refractivity contribution in [2.45, 2.75) is 37.8 Å². The van der Waals surface area contributed by atoms with Gasteiger partial charge in [-0.05, 0) is 42.2 Å². The Labute approximate surface area is 194 Å². The van der Waals surface area contributed by atoms with Crippen LogP contribution in [0.25, 0.3) is 0 Å². The van der Waals surface area contributed by atoms with E-state index in [-0.39, 0.29) is 11.8 Å². The molecule has 2 aromatic carbocycles. The summed E-state index contributed by atoms with van der Waals surface area (Å²) in [6, 6.07) is 13.7. The Kier molecular flexibility index (Phi) is 8.19. The molecule has 3 rings (SSSR count). The fourth-order valence-electron chi connectivity index (χ4n) is 3.85. The zero-order valence-corrected chi connectivity index (χ0v) is 19.7. The third kappa shape index (κ3) is 6.38. The van der Waals surface area contributed by atoms with Crippen LogP contribution in [0, 0.1) is 23.1 Å². The lowest BCUT2D eigenvalue weighted by molar-refractivity contribution is -0.133. The van der Waals surface area contributed by atoms with Crippen molar-refractivity contribution in [2.24, 2.45) is 5.92 Å². The Hall–Kier alpha value is -2.80. The highest BCUT2D eigenvalue weighted by Gasteiger charge is 2.33. The molecular formula is C24H29FN4O3S. The molecule has 1 fully saturated rings. The van der Waals surface area contributed by atoms with Gasteiger partial charge in [-0.25, -0.2) is 12.8 Å². The smallest absolute Gasteiger partial charge is 0.244 e. The van der Waals surface area contributed by atoms with Crippen LogP contribution in [0.4, 0.5) is 4.39 Å². The molecule has 0 aliphatic carbocycles. The van der Waals surface area contributed by atoms with Crippen LogP contribution in [0.5, 0.6) is 0 Å². The maximum atomic E-state index is 14.1. The molecule has 0 aromatic heterocycles. The highest BCUT2D eigenvalue weighted by atomic mass is 32.2. The van der Waals surface area contributed by atoms with Crippen molar-refractivity contribution >= 4 is 15.9 Å². The number of sulfonamides is 1. The van der Waals surface area contributed by atoms with Crippen LogP contribution >= 0.6 is 0 Å². The maximum Gasteiger partial charge on any atom is 0.244 e. The summed E-state index contributed by atoms with van der Waals surface area (Å²) in [6.07, 6.45) is 0.757. The molecule has 2 aromatic rings. The average molecular weight is 473 g/mol. The average Bonchev–Trinajstić information content (AvgIpc) is 3.03. The van der Waals surface area contributed by atoms with Crippen LogP contribution in [0.3, 0.4) is 0 Å². The van der Waals surface area contributed by atoms with Crippen molar-refractivity contribution in [3.05, 3.63) is 65.5 Å². The van der Waals surface area contributed by atoms with Crippen molar-refractivity contribution < 1.29 is 17.6 Å². The molecule has 1 N–H and O–H groups in total. The highest BCUT2D eigenvalue weighted by Crippen LogP contribution is 2.18. The maximum absolute atomic E-state index is 14.1. The minimum atomic E-state index is -4.19. The van der Waals surface area contributed by atoms with Crippen molar-refractivity contribution in [3.8, 4) is 6.07 Å². The SMILES string of the molecule is CC(C)[C@H](NS(=O)(=O)c1ccccc1F)C(=O)N1CCCN(Cc2ccc(C#N)cc2)CC1. The van der Waals surface area contributed by atoms with Gasteiger partial charge in [0.25, 0.3) is 0 Å². The fourth-order valence-corrected chi connectivity index (χ4v) is 5.27. The van der Waals surface area contributed by atoms with E-state index in [1.54, 1.807) is 30.9 Å². The summed E-state index contributed by atoms with van der Waals surface area (Å²) in [5.41, 5.74) is 1.70. The standard InChI is InChI=1S/C24H29FN4O3S/c1-18(2)23(27-33(31,32)22-7-4-3-6-21(22)25)24(30)29-13-5-12-28(14-15-29)17-20-10-8-19(16-26)9-11-20/h3-4,6-11,18,23,27H,5,12-15,17H2,1-2H3/t23-/m0/s1. The van der Waals surface area contributed by atoms with Gasteiger partial charge in [-0.15, -0.1) is 0 Å². The lowest BCUT2D eigenvalue weighted by Crippen LogP contribution is -2.52. The van der Waals surface area contributed by atoms with Gasteiger partial charge in [0.05, 0.1) is 11.6 Å². The summed E-state index contributed by atoms with van der Waals surface area (Å²) >= 11 is 0. The van der Waals surface area contributed by atoms with Crippen LogP contribution in [0.1, 0.15) is 31.4 Å². The predicted octanol–water partition coefficient (Wildman–Crippen LogP) is 2.73. The zero-order chi connectivity index (χ0) is 24.0. The summed E-state index contributed by atoms with van der Waals surface area (Å²) in [4.78, 5) is 16.7. The lowest BCUT2D eigenvalue weighted by atomic mass is 10.0. The number of amides is 1. The van der Waals surface area contributed by atoms with E-state index in [4.69, 9.17) is 5.26 Å². The minimum Gasteiger partial charge on any atom is -0.340 e.